The largest absolute Gasteiger partial charge is 0.507 e. The summed E-state index contributed by atoms with van der Waals surface area (Å²) < 4.78 is 35.8. The van der Waals surface area contributed by atoms with E-state index in [1.807, 2.05) is 40.7 Å². The van der Waals surface area contributed by atoms with Gasteiger partial charge in [-0.05, 0) is 68.9 Å². The van der Waals surface area contributed by atoms with Crippen LogP contribution in [0.5, 0.6) is 17.2 Å². The highest BCUT2D eigenvalue weighted by molar-refractivity contribution is 7.53. The normalized spacial score (nSPS) is 28.7. The summed E-state index contributed by atoms with van der Waals surface area (Å²) >= 11 is 0. The molecule has 7 rings (SSSR count). The van der Waals surface area contributed by atoms with E-state index >= 15 is 0 Å². The molecule has 21 heteroatoms. The number of phenols is 2. The van der Waals surface area contributed by atoms with Gasteiger partial charge in [-0.1, -0.05) is 80.0 Å². The number of fused-ring (bicyclic) bond motifs is 13. The minimum Gasteiger partial charge on any atom is -0.507 e. The number of allylic oxidation sites excluding steroid dienone is 3. The zero-order chi connectivity index (χ0) is 57.8. The summed E-state index contributed by atoms with van der Waals surface area (Å²) in [5.74, 6) is -6.67. The first-order chi connectivity index (χ1) is 36.5. The van der Waals surface area contributed by atoms with Crippen LogP contribution in [0.15, 0.2) is 46.1 Å². The Kier molecular flexibility index (Phi) is 20.0. The molecule has 78 heavy (non-hydrogen) atoms. The number of nitrogens with zero attached hydrogens (tertiary/aromatic N) is 4. The van der Waals surface area contributed by atoms with Gasteiger partial charge in [-0.15, -0.1) is 0 Å². The number of aromatic hydroxyl groups is 2. The van der Waals surface area contributed by atoms with E-state index in [2.05, 4.69) is 29.1 Å². The molecule has 1 fully saturated rings. The number of unbranched alkanes of at least 4 members (excludes halogenated alkanes) is 1. The number of aliphatic hydroxyl groups is 1. The number of Topliss-reactive ketones (excluding diaryl/α,β-unsaturated/α-hetero) is 1. The number of phenolic OH excluding ortho intramolecular Hbond substituents is 2. The molecule has 5 aliphatic heterocycles. The maximum Gasteiger partial charge on any atom is 0.335 e. The Labute approximate surface area is 457 Å². The number of benzene rings is 2. The second kappa shape index (κ2) is 25.3. The summed E-state index contributed by atoms with van der Waals surface area (Å²) in [5, 5.41) is 40.1. The quantitative estimate of drug-likeness (QED) is 0.0369. The fourth-order valence-electron chi connectivity index (χ4n) is 11.2. The summed E-state index contributed by atoms with van der Waals surface area (Å²) in [6.07, 6.45) is 8.13. The Bertz CT molecular complexity index is 2870. The molecule has 5 bridgehead atoms. The first kappa shape index (κ1) is 61.7. The van der Waals surface area contributed by atoms with Crippen molar-refractivity contribution in [3.8, 4) is 17.2 Å². The number of likely N-dealkylation sites (tertiary alicyclic amines) is 1. The standard InChI is InChI=1S/C57H82N5O15P/c1-31(2)28-62-23-20-57(21-24-62)59-46-43-44-50(67)39(10)53-45(43)54(69)56(12,77-53)75-26-19-32(3)35(6)36(7)37(8)49(66)38(9)52(33(4)16-15-17-34(5)55(70)58-48(51(44)68)47(46)60-57)76-42(65)29-61(25-27-74-40(11)64)22-14-13-18-41(30-63)78(71,72)73/h15-17,19,26,30-33,35-38,41,49,52,59,66-68H,13-14,18,20-25,27-29H2,1-12H3,(H2,71,72,73)/b16-15+,26-19+,34-17-,58-48?/t32-,33-,35+,36+,37-,38-,41?,49-,52-,56-/m0/s1. The second-order valence-electron chi connectivity index (χ2n) is 22.8. The van der Waals surface area contributed by atoms with Gasteiger partial charge in [-0.25, -0.2) is 4.99 Å². The Morgan fingerprint density at radius 3 is 2.26 bits per heavy atom. The first-order valence-electron chi connectivity index (χ1n) is 27.3. The van der Waals surface area contributed by atoms with Crippen LogP contribution < -0.4 is 20.8 Å². The predicted octanol–water partition coefficient (Wildman–Crippen LogP) is 6.41. The van der Waals surface area contributed by atoms with Crippen molar-refractivity contribution < 1.29 is 72.6 Å². The third-order valence-corrected chi connectivity index (χ3v) is 17.7. The fraction of sp³-hybridized carbons (Fsp3) is 0.632. The van der Waals surface area contributed by atoms with Crippen molar-refractivity contribution in [2.75, 3.05) is 51.2 Å². The lowest BCUT2D eigenvalue weighted by atomic mass is 9.72. The van der Waals surface area contributed by atoms with Gasteiger partial charge in [0, 0.05) is 81.2 Å². The number of aliphatic hydroxyl groups excluding tert-OH is 1. The summed E-state index contributed by atoms with van der Waals surface area (Å²) in [6.45, 7) is 24.1. The van der Waals surface area contributed by atoms with Crippen LogP contribution in [0.25, 0.3) is 10.8 Å². The molecule has 5 heterocycles. The van der Waals surface area contributed by atoms with E-state index in [9.17, 15) is 53.6 Å². The third kappa shape index (κ3) is 13.7. The molecule has 1 saturated heterocycles. The molecule has 1 amide bonds. The van der Waals surface area contributed by atoms with E-state index in [-0.39, 0.29) is 119 Å². The summed E-state index contributed by atoms with van der Waals surface area (Å²) in [4.78, 5) is 99.0. The molecule has 5 aliphatic rings. The SMILES string of the molecule is CC(=O)OCCN(CCCCC(C=O)P(=O)(O)O)CC(=O)O[C@@H]1[C@@H](C)[C@@H](O)[C@@H](C)[C@H](C)[C@H](C)[C@@H](C)/C=C/O[C@@]2(C)Oc3c(C)c(O)c4c(O)c(c5c(c4c3C2=O)NC2(CCN(CC(C)C)CC2)N=5)=NC(=O)/C(C)=C\C=C\[C@@H]1C. The molecule has 1 unspecified atom stereocenters. The van der Waals surface area contributed by atoms with Gasteiger partial charge in [0.15, 0.2) is 5.75 Å². The van der Waals surface area contributed by atoms with Gasteiger partial charge in [0.25, 0.3) is 11.7 Å². The van der Waals surface area contributed by atoms with Gasteiger partial charge in [0.2, 0.25) is 0 Å². The third-order valence-electron chi connectivity index (χ3n) is 16.5. The molecule has 0 aliphatic carbocycles. The maximum atomic E-state index is 14.9. The molecule has 20 nitrogen and oxygen atoms in total. The topological polar surface area (TPSA) is 284 Å². The highest BCUT2D eigenvalue weighted by Gasteiger charge is 2.51. The van der Waals surface area contributed by atoms with Crippen LogP contribution in [0.4, 0.5) is 5.69 Å². The highest BCUT2D eigenvalue weighted by Crippen LogP contribution is 2.51. The number of amides is 1. The lowest BCUT2D eigenvalue weighted by Gasteiger charge is -2.38. The number of aldehydes is 1. The zero-order valence-electron chi connectivity index (χ0n) is 47.3. The molecule has 1 spiro atoms. The van der Waals surface area contributed by atoms with Crippen LogP contribution in [0.3, 0.4) is 0 Å². The lowest BCUT2D eigenvalue weighted by Crippen LogP contribution is -2.47. The number of carbonyl (C=O) groups is 5. The lowest BCUT2D eigenvalue weighted by molar-refractivity contribution is -0.159. The average Bonchev–Trinajstić information content (AvgIpc) is 4.00. The van der Waals surface area contributed by atoms with E-state index in [1.165, 1.54) is 26.2 Å². The first-order valence-corrected chi connectivity index (χ1v) is 29.0. The van der Waals surface area contributed by atoms with Crippen molar-refractivity contribution in [3.63, 3.8) is 0 Å². The van der Waals surface area contributed by atoms with E-state index in [0.29, 0.717) is 44.0 Å². The van der Waals surface area contributed by atoms with Crippen molar-refractivity contribution in [1.82, 2.24) is 9.80 Å². The average molecular weight is 1110 g/mol. The molecule has 2 aromatic rings. The summed E-state index contributed by atoms with van der Waals surface area (Å²) in [7, 11) is -4.64. The van der Waals surface area contributed by atoms with Gasteiger partial charge < -0.3 is 59.1 Å². The van der Waals surface area contributed by atoms with Crippen molar-refractivity contribution in [2.45, 2.75) is 145 Å². The van der Waals surface area contributed by atoms with Gasteiger partial charge in [0.1, 0.15) is 52.5 Å². The molecule has 0 radical (unpaired) electrons. The van der Waals surface area contributed by atoms with Crippen molar-refractivity contribution in [3.05, 3.63) is 58.0 Å². The van der Waals surface area contributed by atoms with Crippen LogP contribution in [0.2, 0.25) is 0 Å². The molecular formula is C57H82N5O15P. The Hall–Kier alpha value is -5.50. The minimum absolute atomic E-state index is 0.0499. The van der Waals surface area contributed by atoms with E-state index < -0.39 is 78.1 Å². The van der Waals surface area contributed by atoms with Gasteiger partial charge in [-0.3, -0.25) is 33.6 Å². The van der Waals surface area contributed by atoms with Crippen LogP contribution in [0.1, 0.15) is 124 Å². The van der Waals surface area contributed by atoms with Crippen LogP contribution in [-0.2, 0) is 38.0 Å². The number of ether oxygens (including phenoxy) is 4. The molecule has 430 valence electrons. The molecule has 0 saturated carbocycles. The van der Waals surface area contributed by atoms with Crippen molar-refractivity contribution in [2.24, 2.45) is 51.4 Å². The minimum atomic E-state index is -4.64. The Balaban J connectivity index is 1.41. The molecule has 0 aromatic heterocycles. The molecule has 10 atom stereocenters. The van der Waals surface area contributed by atoms with E-state index in [0.717, 1.165) is 6.54 Å². The summed E-state index contributed by atoms with van der Waals surface area (Å²) in [5.41, 5.74) is -1.61. The van der Waals surface area contributed by atoms with Crippen LogP contribution in [0, 0.1) is 48.3 Å². The maximum absolute atomic E-state index is 14.9. The van der Waals surface area contributed by atoms with Crippen LogP contribution in [-0.4, -0.2) is 140 Å². The van der Waals surface area contributed by atoms with Crippen LogP contribution >= 0.6 is 7.60 Å². The molecule has 2 aromatic carbocycles. The fourth-order valence-corrected chi connectivity index (χ4v) is 11.8. The zero-order valence-corrected chi connectivity index (χ0v) is 48.2. The number of rotatable bonds is 15. The second-order valence-corrected chi connectivity index (χ2v) is 24.6. The Morgan fingerprint density at radius 2 is 1.63 bits per heavy atom. The number of carbonyl (C=O) groups excluding carboxylic acids is 5. The number of anilines is 1. The number of hydrogen-bond acceptors (Lipinski definition) is 17. The summed E-state index contributed by atoms with van der Waals surface area (Å²) in [6, 6.07) is 0. The number of piperidine rings is 1. The van der Waals surface area contributed by atoms with E-state index in [1.54, 1.807) is 37.8 Å². The van der Waals surface area contributed by atoms with E-state index in [4.69, 9.17) is 23.9 Å². The number of ketones is 1. The Morgan fingerprint density at radius 1 is 0.949 bits per heavy atom. The van der Waals surface area contributed by atoms with Crippen molar-refractivity contribution in [1.29, 1.82) is 0 Å². The van der Waals surface area contributed by atoms with Crippen molar-refractivity contribution >= 4 is 54.0 Å². The molecular weight excluding hydrogens is 1030 g/mol. The smallest absolute Gasteiger partial charge is 0.335 e. The van der Waals surface area contributed by atoms with Gasteiger partial charge in [-0.2, -0.15) is 0 Å². The van der Waals surface area contributed by atoms with Gasteiger partial charge in [0.05, 0.1) is 35.5 Å². The predicted molar refractivity (Wildman–Crippen MR) is 292 cm³/mol. The monoisotopic (exact) mass is 1110 g/mol. The highest BCUT2D eigenvalue weighted by atomic mass is 31.2. The molecule has 6 N–H and O–H groups in total. The number of esters is 2. The number of hydrogen-bond donors (Lipinski definition) is 6. The van der Waals surface area contributed by atoms with Gasteiger partial charge >= 0.3 is 25.3 Å². The number of nitrogens with one attached hydrogen (secondary N) is 1.